The van der Waals surface area contributed by atoms with Gasteiger partial charge in [0.05, 0.1) is 7.11 Å². The number of rotatable bonds is 4. The van der Waals surface area contributed by atoms with E-state index in [1.165, 1.54) is 25.7 Å². The molecule has 1 heterocycles. The minimum Gasteiger partial charge on any atom is -0.481 e. The predicted octanol–water partition coefficient (Wildman–Crippen LogP) is 2.15. The second kappa shape index (κ2) is 6.13. The van der Waals surface area contributed by atoms with Crippen LogP contribution in [0.15, 0.2) is 6.07 Å². The van der Waals surface area contributed by atoms with Crippen LogP contribution in [0.2, 0.25) is 0 Å². The summed E-state index contributed by atoms with van der Waals surface area (Å²) in [5.41, 5.74) is 5.64. The lowest BCUT2D eigenvalue weighted by molar-refractivity contribution is 0.397. The maximum atomic E-state index is 5.64. The summed E-state index contributed by atoms with van der Waals surface area (Å²) in [4.78, 5) is 8.16. The van der Waals surface area contributed by atoms with Gasteiger partial charge in [-0.15, -0.1) is 0 Å². The number of hydrogen-bond acceptors (Lipinski definition) is 6. The summed E-state index contributed by atoms with van der Waals surface area (Å²) >= 11 is 1.97. The molecule has 1 fully saturated rings. The zero-order valence-corrected chi connectivity index (χ0v) is 11.7. The maximum Gasteiger partial charge on any atom is 0.225 e. The van der Waals surface area contributed by atoms with Crippen LogP contribution in [0.5, 0.6) is 5.88 Å². The Morgan fingerprint density at radius 3 is 2.67 bits per heavy atom. The lowest BCUT2D eigenvalue weighted by Crippen LogP contribution is -2.27. The zero-order chi connectivity index (χ0) is 13.0. The molecule has 1 aromatic heterocycles. The summed E-state index contributed by atoms with van der Waals surface area (Å²) in [6.45, 7) is 0. The smallest absolute Gasteiger partial charge is 0.225 e. The Hall–Kier alpha value is -1.17. The number of aromatic nitrogens is 2. The number of thioether (sulfide) groups is 1. The van der Waals surface area contributed by atoms with Gasteiger partial charge < -0.3 is 15.8 Å². The standard InChI is InChI=1S/C12H20N4OS/c1-17-11-7-10(15-12(13)16-11)14-8-3-5-9(18-2)6-4-8/h7-9H,3-6H2,1-2H3,(H3,13,14,15,16). The van der Waals surface area contributed by atoms with Gasteiger partial charge in [0.15, 0.2) is 0 Å². The van der Waals surface area contributed by atoms with Gasteiger partial charge in [0, 0.05) is 17.4 Å². The van der Waals surface area contributed by atoms with E-state index in [-0.39, 0.29) is 5.95 Å². The Morgan fingerprint density at radius 1 is 1.33 bits per heavy atom. The molecule has 0 aromatic carbocycles. The highest BCUT2D eigenvalue weighted by Crippen LogP contribution is 2.28. The normalized spacial score (nSPS) is 23.7. The minimum absolute atomic E-state index is 0.245. The first-order chi connectivity index (χ1) is 8.71. The number of nitrogen functional groups attached to an aromatic ring is 1. The molecule has 1 aliphatic carbocycles. The third kappa shape index (κ3) is 3.41. The quantitative estimate of drug-likeness (QED) is 0.871. The third-order valence-electron chi connectivity index (χ3n) is 3.29. The molecule has 1 aromatic rings. The van der Waals surface area contributed by atoms with Crippen LogP contribution in [0.4, 0.5) is 11.8 Å². The van der Waals surface area contributed by atoms with Crippen LogP contribution in [0.25, 0.3) is 0 Å². The fourth-order valence-electron chi connectivity index (χ4n) is 2.27. The molecule has 2 rings (SSSR count). The Bertz CT molecular complexity index is 394. The van der Waals surface area contributed by atoms with Gasteiger partial charge in [-0.2, -0.15) is 21.7 Å². The Morgan fingerprint density at radius 2 is 2.06 bits per heavy atom. The molecule has 1 aliphatic rings. The van der Waals surface area contributed by atoms with Crippen molar-refractivity contribution < 1.29 is 4.74 Å². The average Bonchev–Trinajstić information content (AvgIpc) is 2.39. The third-order valence-corrected chi connectivity index (χ3v) is 4.43. The number of nitrogens with two attached hydrogens (primary N) is 1. The Balaban J connectivity index is 1.95. The molecule has 0 saturated heterocycles. The largest absolute Gasteiger partial charge is 0.481 e. The molecule has 18 heavy (non-hydrogen) atoms. The Labute approximate surface area is 112 Å². The van der Waals surface area contributed by atoms with E-state index < -0.39 is 0 Å². The van der Waals surface area contributed by atoms with E-state index in [9.17, 15) is 0 Å². The highest BCUT2D eigenvalue weighted by molar-refractivity contribution is 7.99. The van der Waals surface area contributed by atoms with E-state index in [1.54, 1.807) is 13.2 Å². The molecular formula is C12H20N4OS. The molecule has 0 amide bonds. The fourth-order valence-corrected chi connectivity index (χ4v) is 3.02. The summed E-state index contributed by atoms with van der Waals surface area (Å²) in [5, 5.41) is 4.23. The zero-order valence-electron chi connectivity index (χ0n) is 10.8. The van der Waals surface area contributed by atoms with E-state index in [0.29, 0.717) is 11.9 Å². The van der Waals surface area contributed by atoms with Crippen molar-refractivity contribution in [3.63, 3.8) is 0 Å². The minimum atomic E-state index is 0.245. The van der Waals surface area contributed by atoms with Gasteiger partial charge in [-0.1, -0.05) is 0 Å². The van der Waals surface area contributed by atoms with Gasteiger partial charge in [-0.3, -0.25) is 0 Å². The van der Waals surface area contributed by atoms with Crippen molar-refractivity contribution in [2.75, 3.05) is 24.4 Å². The van der Waals surface area contributed by atoms with Gasteiger partial charge in [-0.05, 0) is 31.9 Å². The molecule has 0 unspecified atom stereocenters. The second-order valence-electron chi connectivity index (χ2n) is 4.51. The van der Waals surface area contributed by atoms with Gasteiger partial charge in [0.2, 0.25) is 11.8 Å². The van der Waals surface area contributed by atoms with Crippen LogP contribution in [-0.2, 0) is 0 Å². The van der Waals surface area contributed by atoms with Gasteiger partial charge >= 0.3 is 0 Å². The lowest BCUT2D eigenvalue weighted by atomic mass is 9.95. The molecule has 3 N–H and O–H groups in total. The summed E-state index contributed by atoms with van der Waals surface area (Å²) < 4.78 is 5.08. The van der Waals surface area contributed by atoms with E-state index in [4.69, 9.17) is 10.5 Å². The molecule has 5 nitrogen and oxygen atoms in total. The fraction of sp³-hybridized carbons (Fsp3) is 0.667. The summed E-state index contributed by atoms with van der Waals surface area (Å²) in [6, 6.07) is 2.27. The van der Waals surface area contributed by atoms with Gasteiger partial charge in [0.25, 0.3) is 0 Å². The molecule has 1 saturated carbocycles. The topological polar surface area (TPSA) is 73.1 Å². The molecule has 0 radical (unpaired) electrons. The first-order valence-corrected chi connectivity index (χ1v) is 7.48. The number of hydrogen-bond donors (Lipinski definition) is 2. The highest BCUT2D eigenvalue weighted by atomic mass is 32.2. The number of nitrogens with zero attached hydrogens (tertiary/aromatic N) is 2. The van der Waals surface area contributed by atoms with E-state index in [2.05, 4.69) is 21.5 Å². The first kappa shape index (κ1) is 13.3. The summed E-state index contributed by atoms with van der Waals surface area (Å²) in [6.07, 6.45) is 7.07. The molecule has 0 spiro atoms. The van der Waals surface area contributed by atoms with Gasteiger partial charge in [0.1, 0.15) is 5.82 Å². The van der Waals surface area contributed by atoms with Crippen LogP contribution in [0.1, 0.15) is 25.7 Å². The lowest BCUT2D eigenvalue weighted by Gasteiger charge is -2.28. The second-order valence-corrected chi connectivity index (χ2v) is 5.65. The van der Waals surface area contributed by atoms with Crippen molar-refractivity contribution >= 4 is 23.5 Å². The molecule has 0 bridgehead atoms. The van der Waals surface area contributed by atoms with Crippen molar-refractivity contribution in [2.24, 2.45) is 0 Å². The summed E-state index contributed by atoms with van der Waals surface area (Å²) in [5.74, 6) is 1.50. The van der Waals surface area contributed by atoms with Crippen molar-refractivity contribution in [3.05, 3.63) is 6.07 Å². The molecule has 0 aliphatic heterocycles. The van der Waals surface area contributed by atoms with Crippen molar-refractivity contribution in [3.8, 4) is 5.88 Å². The Kier molecular flexibility index (Phi) is 4.52. The van der Waals surface area contributed by atoms with Crippen LogP contribution < -0.4 is 15.8 Å². The highest BCUT2D eigenvalue weighted by Gasteiger charge is 2.20. The molecule has 0 atom stereocenters. The monoisotopic (exact) mass is 268 g/mol. The number of anilines is 2. The van der Waals surface area contributed by atoms with E-state index in [0.717, 1.165) is 11.1 Å². The number of nitrogens with one attached hydrogen (secondary N) is 1. The first-order valence-electron chi connectivity index (χ1n) is 6.19. The summed E-state index contributed by atoms with van der Waals surface area (Å²) in [7, 11) is 1.58. The van der Waals surface area contributed by atoms with Crippen molar-refractivity contribution in [1.82, 2.24) is 9.97 Å². The van der Waals surface area contributed by atoms with Crippen LogP contribution >= 0.6 is 11.8 Å². The average molecular weight is 268 g/mol. The van der Waals surface area contributed by atoms with Gasteiger partial charge in [-0.25, -0.2) is 0 Å². The van der Waals surface area contributed by atoms with E-state index >= 15 is 0 Å². The number of methoxy groups -OCH3 is 1. The number of ether oxygens (including phenoxy) is 1. The molecule has 6 heteroatoms. The maximum absolute atomic E-state index is 5.64. The van der Waals surface area contributed by atoms with Crippen molar-refractivity contribution in [1.29, 1.82) is 0 Å². The van der Waals surface area contributed by atoms with Crippen LogP contribution in [-0.4, -0.2) is 34.6 Å². The van der Waals surface area contributed by atoms with Crippen LogP contribution in [0, 0.1) is 0 Å². The SMILES string of the molecule is COc1cc(NC2CCC(SC)CC2)nc(N)n1. The van der Waals surface area contributed by atoms with E-state index in [1.807, 2.05) is 11.8 Å². The molecular weight excluding hydrogens is 248 g/mol. The van der Waals surface area contributed by atoms with Crippen LogP contribution in [0.3, 0.4) is 0 Å². The van der Waals surface area contributed by atoms with Crippen molar-refractivity contribution in [2.45, 2.75) is 37.0 Å². The molecule has 100 valence electrons. The predicted molar refractivity (Wildman–Crippen MR) is 76.2 cm³/mol.